The highest BCUT2D eigenvalue weighted by molar-refractivity contribution is 7.86. The Bertz CT molecular complexity index is 242. The van der Waals surface area contributed by atoms with E-state index in [1.807, 2.05) is 0 Å². The molecule has 1 fully saturated rings. The Morgan fingerprint density at radius 2 is 1.94 bits per heavy atom. The number of rotatable bonds is 5. The van der Waals surface area contributed by atoms with Crippen molar-refractivity contribution in [3.63, 3.8) is 0 Å². The Hall–Kier alpha value is 0.110. The summed E-state index contributed by atoms with van der Waals surface area (Å²) in [6, 6.07) is 0.582. The molecule has 1 aliphatic rings. The van der Waals surface area contributed by atoms with Crippen LogP contribution in [0, 0.1) is 11.8 Å². The lowest BCUT2D eigenvalue weighted by Crippen LogP contribution is -2.37. The lowest BCUT2D eigenvalue weighted by atomic mass is 10.1. The van der Waals surface area contributed by atoms with Gasteiger partial charge in [-0.15, -0.1) is 0 Å². The molecule has 0 aromatic carbocycles. The molecule has 1 saturated carbocycles. The predicted octanol–water partition coefficient (Wildman–Crippen LogP) is 2.56. The molecule has 2 nitrogen and oxygen atoms in total. The lowest BCUT2D eigenvalue weighted by Gasteiger charge is -2.25. The second kappa shape index (κ2) is 6.15. The van der Waals surface area contributed by atoms with E-state index in [4.69, 9.17) is 0 Å². The zero-order valence-corrected chi connectivity index (χ0v) is 12.1. The highest BCUT2D eigenvalue weighted by Crippen LogP contribution is 2.32. The van der Waals surface area contributed by atoms with Gasteiger partial charge in [0.05, 0.1) is 0 Å². The van der Waals surface area contributed by atoms with Crippen molar-refractivity contribution in [2.45, 2.75) is 64.0 Å². The van der Waals surface area contributed by atoms with Crippen molar-refractivity contribution >= 4 is 10.8 Å². The van der Waals surface area contributed by atoms with Gasteiger partial charge in [-0.1, -0.05) is 34.6 Å². The highest BCUT2D eigenvalue weighted by Gasteiger charge is 2.37. The van der Waals surface area contributed by atoms with Gasteiger partial charge in [-0.25, -0.2) is 0 Å². The molecular formula is C13H27NOS. The molecule has 5 atom stereocenters. The summed E-state index contributed by atoms with van der Waals surface area (Å²) < 4.78 is 12.4. The van der Waals surface area contributed by atoms with Crippen LogP contribution in [-0.2, 0) is 10.8 Å². The molecule has 0 bridgehead atoms. The van der Waals surface area contributed by atoms with Crippen LogP contribution in [0.25, 0.3) is 0 Å². The Morgan fingerprint density at radius 1 is 1.31 bits per heavy atom. The van der Waals surface area contributed by atoms with E-state index in [0.29, 0.717) is 28.4 Å². The van der Waals surface area contributed by atoms with E-state index in [-0.39, 0.29) is 0 Å². The van der Waals surface area contributed by atoms with Crippen LogP contribution in [0.15, 0.2) is 0 Å². The molecule has 5 unspecified atom stereocenters. The first-order valence-corrected chi connectivity index (χ1v) is 7.89. The minimum atomic E-state index is -0.665. The van der Waals surface area contributed by atoms with Gasteiger partial charge in [-0.2, -0.15) is 0 Å². The topological polar surface area (TPSA) is 29.1 Å². The summed E-state index contributed by atoms with van der Waals surface area (Å²) in [7, 11) is -0.665. The first kappa shape index (κ1) is 14.2. The standard InChI is InChI=1S/C13H27NOS/c1-6-14-12-7-8-13(10(12)4)16(15)11(5)9(2)3/h9-14H,6-8H2,1-5H3. The smallest absolute Gasteiger partial charge is 0.0391 e. The molecule has 0 aliphatic heterocycles. The van der Waals surface area contributed by atoms with E-state index in [0.717, 1.165) is 13.0 Å². The first-order chi connectivity index (χ1) is 7.49. The van der Waals surface area contributed by atoms with Gasteiger partial charge in [0.25, 0.3) is 0 Å². The van der Waals surface area contributed by atoms with Crippen LogP contribution in [0.5, 0.6) is 0 Å². The second-order valence-electron chi connectivity index (χ2n) is 5.42. The van der Waals surface area contributed by atoms with Crippen molar-refractivity contribution in [1.82, 2.24) is 5.32 Å². The Morgan fingerprint density at radius 3 is 2.44 bits per heavy atom. The molecular weight excluding hydrogens is 218 g/mol. The zero-order valence-electron chi connectivity index (χ0n) is 11.3. The molecule has 0 saturated heterocycles. The van der Waals surface area contributed by atoms with Crippen molar-refractivity contribution in [2.75, 3.05) is 6.54 Å². The third-order valence-corrected chi connectivity index (χ3v) is 6.59. The minimum absolute atomic E-state index is 0.327. The first-order valence-electron chi connectivity index (χ1n) is 6.61. The minimum Gasteiger partial charge on any atom is -0.314 e. The van der Waals surface area contributed by atoms with E-state index < -0.39 is 10.8 Å². The third-order valence-electron chi connectivity index (χ3n) is 4.05. The highest BCUT2D eigenvalue weighted by atomic mass is 32.2. The maximum atomic E-state index is 12.4. The fourth-order valence-corrected chi connectivity index (χ4v) is 4.62. The third kappa shape index (κ3) is 3.07. The Balaban J connectivity index is 2.59. The number of hydrogen-bond acceptors (Lipinski definition) is 2. The van der Waals surface area contributed by atoms with Crippen LogP contribution >= 0.6 is 0 Å². The van der Waals surface area contributed by atoms with Crippen LogP contribution in [0.3, 0.4) is 0 Å². The van der Waals surface area contributed by atoms with Crippen LogP contribution in [-0.4, -0.2) is 27.3 Å². The summed E-state index contributed by atoms with van der Waals surface area (Å²) in [5.41, 5.74) is 0. The van der Waals surface area contributed by atoms with Gasteiger partial charge in [0.15, 0.2) is 0 Å². The summed E-state index contributed by atoms with van der Waals surface area (Å²) in [5.74, 6) is 1.08. The summed E-state index contributed by atoms with van der Waals surface area (Å²) in [4.78, 5) is 0. The maximum Gasteiger partial charge on any atom is 0.0391 e. The molecule has 0 spiro atoms. The molecule has 3 heteroatoms. The average molecular weight is 245 g/mol. The van der Waals surface area contributed by atoms with Gasteiger partial charge in [-0.05, 0) is 31.2 Å². The summed E-state index contributed by atoms with van der Waals surface area (Å²) >= 11 is 0. The molecule has 0 aromatic rings. The Labute approximate surface area is 103 Å². The van der Waals surface area contributed by atoms with E-state index in [2.05, 4.69) is 39.9 Å². The average Bonchev–Trinajstić information content (AvgIpc) is 2.59. The van der Waals surface area contributed by atoms with Crippen LogP contribution in [0.2, 0.25) is 0 Å². The Kier molecular flexibility index (Phi) is 5.45. The van der Waals surface area contributed by atoms with Crippen molar-refractivity contribution in [2.24, 2.45) is 11.8 Å². The van der Waals surface area contributed by atoms with Crippen molar-refractivity contribution in [3.8, 4) is 0 Å². The monoisotopic (exact) mass is 245 g/mol. The van der Waals surface area contributed by atoms with Gasteiger partial charge < -0.3 is 5.32 Å². The number of nitrogens with one attached hydrogen (secondary N) is 1. The fourth-order valence-electron chi connectivity index (χ4n) is 2.55. The molecule has 0 heterocycles. The zero-order chi connectivity index (χ0) is 12.3. The molecule has 16 heavy (non-hydrogen) atoms. The van der Waals surface area contributed by atoms with E-state index >= 15 is 0 Å². The van der Waals surface area contributed by atoms with Gasteiger partial charge in [0.2, 0.25) is 0 Å². The van der Waals surface area contributed by atoms with Gasteiger partial charge in [0, 0.05) is 27.3 Å². The van der Waals surface area contributed by atoms with E-state index in [1.54, 1.807) is 0 Å². The molecule has 0 amide bonds. The van der Waals surface area contributed by atoms with Crippen molar-refractivity contribution in [1.29, 1.82) is 0 Å². The summed E-state index contributed by atoms with van der Waals surface area (Å²) in [5, 5.41) is 4.24. The van der Waals surface area contributed by atoms with Crippen LogP contribution in [0.1, 0.15) is 47.5 Å². The fraction of sp³-hybridized carbons (Fsp3) is 1.00. The van der Waals surface area contributed by atoms with Gasteiger partial charge >= 0.3 is 0 Å². The molecule has 0 aromatic heterocycles. The quantitative estimate of drug-likeness (QED) is 0.806. The summed E-state index contributed by atoms with van der Waals surface area (Å²) in [6.45, 7) is 11.9. The van der Waals surface area contributed by atoms with Gasteiger partial charge in [-0.3, -0.25) is 4.21 Å². The van der Waals surface area contributed by atoms with Crippen LogP contribution in [0.4, 0.5) is 0 Å². The molecule has 0 radical (unpaired) electrons. The van der Waals surface area contributed by atoms with E-state index in [1.165, 1.54) is 6.42 Å². The SMILES string of the molecule is CCNC1CCC(S(=O)C(C)C(C)C)C1C. The molecule has 1 aliphatic carbocycles. The van der Waals surface area contributed by atoms with Gasteiger partial charge in [0.1, 0.15) is 0 Å². The largest absolute Gasteiger partial charge is 0.314 e. The van der Waals surface area contributed by atoms with Crippen molar-refractivity contribution < 1.29 is 4.21 Å². The maximum absolute atomic E-state index is 12.4. The van der Waals surface area contributed by atoms with Crippen LogP contribution < -0.4 is 5.32 Å². The normalized spacial score (nSPS) is 34.2. The second-order valence-corrected chi connectivity index (χ2v) is 7.42. The molecule has 96 valence electrons. The molecule has 1 rings (SSSR count). The van der Waals surface area contributed by atoms with E-state index in [9.17, 15) is 4.21 Å². The predicted molar refractivity (Wildman–Crippen MR) is 72.1 cm³/mol. The van der Waals surface area contributed by atoms with Crippen molar-refractivity contribution in [3.05, 3.63) is 0 Å². The lowest BCUT2D eigenvalue weighted by molar-refractivity contribution is 0.437. The number of hydrogen-bond donors (Lipinski definition) is 1. The molecule has 1 N–H and O–H groups in total. The summed E-state index contributed by atoms with van der Waals surface area (Å²) in [6.07, 6.45) is 2.32.